The monoisotopic (exact) mass is 457 g/mol. The van der Waals surface area contributed by atoms with Crippen LogP contribution >= 0.6 is 11.3 Å². The van der Waals surface area contributed by atoms with Crippen LogP contribution < -0.4 is 5.32 Å². The highest BCUT2D eigenvalue weighted by Crippen LogP contribution is 2.25. The average molecular weight is 458 g/mol. The molecule has 0 aliphatic carbocycles. The van der Waals surface area contributed by atoms with Crippen LogP contribution in [0.2, 0.25) is 0 Å². The molecule has 0 spiro atoms. The largest absolute Gasteiger partial charge is 0.341 e. The van der Waals surface area contributed by atoms with Crippen molar-refractivity contribution < 1.29 is 18.8 Å². The van der Waals surface area contributed by atoms with E-state index >= 15 is 0 Å². The number of benzene rings is 1. The number of thiophene rings is 1. The summed E-state index contributed by atoms with van der Waals surface area (Å²) in [5, 5.41) is 4.84. The molecule has 3 heterocycles. The first kappa shape index (κ1) is 22.5. The lowest BCUT2D eigenvalue weighted by atomic mass is 9.87. The molecule has 170 valence electrons. The maximum absolute atomic E-state index is 13.5. The zero-order valence-corrected chi connectivity index (χ0v) is 18.8. The van der Waals surface area contributed by atoms with Crippen molar-refractivity contribution in [2.75, 3.05) is 26.2 Å². The van der Waals surface area contributed by atoms with Gasteiger partial charge in [-0.25, -0.2) is 4.39 Å². The number of halogens is 1. The fraction of sp³-hybridized carbons (Fsp3) is 0.458. The Morgan fingerprint density at radius 2 is 1.72 bits per heavy atom. The molecule has 2 aliphatic rings. The number of amides is 3. The van der Waals surface area contributed by atoms with Crippen LogP contribution in [0, 0.1) is 11.7 Å². The number of hydrogen-bond donors (Lipinski definition) is 1. The number of nitrogens with zero attached hydrogens (tertiary/aromatic N) is 2. The second kappa shape index (κ2) is 10.3. The Hall–Kier alpha value is -2.74. The van der Waals surface area contributed by atoms with E-state index in [1.54, 1.807) is 17.0 Å². The van der Waals surface area contributed by atoms with Gasteiger partial charge in [0.15, 0.2) is 0 Å². The summed E-state index contributed by atoms with van der Waals surface area (Å²) in [5.74, 6) is -0.943. The van der Waals surface area contributed by atoms with Gasteiger partial charge < -0.3 is 15.1 Å². The van der Waals surface area contributed by atoms with Crippen molar-refractivity contribution in [2.24, 2.45) is 5.92 Å². The lowest BCUT2D eigenvalue weighted by molar-refractivity contribution is -0.136. The Morgan fingerprint density at radius 3 is 2.38 bits per heavy atom. The summed E-state index contributed by atoms with van der Waals surface area (Å²) < 4.78 is 13.5. The number of hydrogen-bond acceptors (Lipinski definition) is 4. The predicted octanol–water partition coefficient (Wildman–Crippen LogP) is 3.55. The van der Waals surface area contributed by atoms with Gasteiger partial charge >= 0.3 is 0 Å². The van der Waals surface area contributed by atoms with Crippen molar-refractivity contribution in [2.45, 2.75) is 38.1 Å². The minimum Gasteiger partial charge on any atom is -0.341 e. The standard InChI is InChI=1S/C24H28FN3O3S/c25-19-7-4-6-18(16-19)23(30)28-13-9-17(10-14-28)21(24(31)27-11-2-1-3-12-27)26-22(29)20-8-5-15-32-20/h4-8,15-17,21H,1-3,9-14H2,(H,26,29)/t21-/m0/s1. The molecule has 1 aromatic heterocycles. The Bertz CT molecular complexity index is 951. The first-order chi connectivity index (χ1) is 15.5. The number of nitrogens with one attached hydrogen (secondary N) is 1. The van der Waals surface area contributed by atoms with Crippen LogP contribution in [0.4, 0.5) is 4.39 Å². The van der Waals surface area contributed by atoms with E-state index in [0.717, 1.165) is 32.4 Å². The zero-order chi connectivity index (χ0) is 22.5. The Kier molecular flexibility index (Phi) is 7.19. The van der Waals surface area contributed by atoms with Crippen molar-refractivity contribution in [1.82, 2.24) is 15.1 Å². The van der Waals surface area contributed by atoms with E-state index in [2.05, 4.69) is 5.32 Å². The highest BCUT2D eigenvalue weighted by atomic mass is 32.1. The van der Waals surface area contributed by atoms with Crippen LogP contribution in [0.1, 0.15) is 52.1 Å². The number of rotatable bonds is 5. The molecule has 1 atom stereocenters. The highest BCUT2D eigenvalue weighted by Gasteiger charge is 2.36. The van der Waals surface area contributed by atoms with E-state index in [-0.39, 0.29) is 23.6 Å². The van der Waals surface area contributed by atoms with Gasteiger partial charge in [-0.15, -0.1) is 11.3 Å². The van der Waals surface area contributed by atoms with Crippen molar-refractivity contribution in [1.29, 1.82) is 0 Å². The first-order valence-electron chi connectivity index (χ1n) is 11.2. The Balaban J connectivity index is 1.44. The molecule has 0 unspecified atom stereocenters. The van der Waals surface area contributed by atoms with Crippen molar-refractivity contribution >= 4 is 29.1 Å². The maximum Gasteiger partial charge on any atom is 0.262 e. The van der Waals surface area contributed by atoms with Gasteiger partial charge in [-0.1, -0.05) is 12.1 Å². The van der Waals surface area contributed by atoms with Gasteiger partial charge in [-0.3, -0.25) is 14.4 Å². The fourth-order valence-corrected chi connectivity index (χ4v) is 5.18. The quantitative estimate of drug-likeness (QED) is 0.747. The second-order valence-electron chi connectivity index (χ2n) is 8.45. The number of carbonyl (C=O) groups is 3. The van der Waals surface area contributed by atoms with Gasteiger partial charge in [0.1, 0.15) is 11.9 Å². The Morgan fingerprint density at radius 1 is 0.969 bits per heavy atom. The summed E-state index contributed by atoms with van der Waals surface area (Å²) >= 11 is 1.35. The van der Waals surface area contributed by atoms with E-state index in [1.165, 1.54) is 29.5 Å². The highest BCUT2D eigenvalue weighted by molar-refractivity contribution is 7.12. The summed E-state index contributed by atoms with van der Waals surface area (Å²) in [5.41, 5.74) is 0.329. The van der Waals surface area contributed by atoms with Crippen molar-refractivity contribution in [3.05, 3.63) is 58.0 Å². The Labute approximate surface area is 191 Å². The van der Waals surface area contributed by atoms with Gasteiger partial charge in [0.2, 0.25) is 5.91 Å². The van der Waals surface area contributed by atoms with Gasteiger partial charge in [-0.2, -0.15) is 0 Å². The second-order valence-corrected chi connectivity index (χ2v) is 9.40. The molecule has 6 nitrogen and oxygen atoms in total. The number of carbonyl (C=O) groups excluding carboxylic acids is 3. The molecule has 0 radical (unpaired) electrons. The number of likely N-dealkylation sites (tertiary alicyclic amines) is 2. The number of piperidine rings is 2. The van der Waals surface area contributed by atoms with Crippen LogP contribution in [-0.2, 0) is 4.79 Å². The average Bonchev–Trinajstić information content (AvgIpc) is 3.37. The fourth-order valence-electron chi connectivity index (χ4n) is 4.55. The normalized spacial score (nSPS) is 18.3. The minimum atomic E-state index is -0.603. The van der Waals surface area contributed by atoms with E-state index in [1.807, 2.05) is 16.3 Å². The van der Waals surface area contributed by atoms with Gasteiger partial charge in [-0.05, 0) is 67.7 Å². The molecule has 0 saturated carbocycles. The van der Waals surface area contributed by atoms with E-state index < -0.39 is 11.9 Å². The molecule has 8 heteroatoms. The van der Waals surface area contributed by atoms with E-state index in [0.29, 0.717) is 36.4 Å². The molecule has 2 aromatic rings. The molecule has 2 aliphatic heterocycles. The lowest BCUT2D eigenvalue weighted by Gasteiger charge is -2.38. The first-order valence-corrected chi connectivity index (χ1v) is 12.1. The van der Waals surface area contributed by atoms with Crippen molar-refractivity contribution in [3.63, 3.8) is 0 Å². The van der Waals surface area contributed by atoms with Crippen LogP contribution in [0.3, 0.4) is 0 Å². The van der Waals surface area contributed by atoms with Gasteiger partial charge in [0.25, 0.3) is 11.8 Å². The summed E-state index contributed by atoms with van der Waals surface area (Å²) in [4.78, 5) is 43.0. The lowest BCUT2D eigenvalue weighted by Crippen LogP contribution is -2.55. The topological polar surface area (TPSA) is 69.7 Å². The third-order valence-corrected chi connectivity index (χ3v) is 7.20. The molecule has 1 aromatic carbocycles. The van der Waals surface area contributed by atoms with Gasteiger partial charge in [0, 0.05) is 31.7 Å². The smallest absolute Gasteiger partial charge is 0.262 e. The molecule has 2 saturated heterocycles. The van der Waals surface area contributed by atoms with Crippen molar-refractivity contribution in [3.8, 4) is 0 Å². The molecular weight excluding hydrogens is 429 g/mol. The zero-order valence-electron chi connectivity index (χ0n) is 18.0. The minimum absolute atomic E-state index is 0.0236. The molecule has 0 bridgehead atoms. The summed E-state index contributed by atoms with van der Waals surface area (Å²) in [6, 6.07) is 8.67. The molecular formula is C24H28FN3O3S. The predicted molar refractivity (Wildman–Crippen MR) is 121 cm³/mol. The molecule has 32 heavy (non-hydrogen) atoms. The van der Waals surface area contributed by atoms with Crippen LogP contribution in [0.5, 0.6) is 0 Å². The molecule has 1 N–H and O–H groups in total. The van der Waals surface area contributed by atoms with E-state index in [9.17, 15) is 18.8 Å². The molecule has 3 amide bonds. The molecule has 4 rings (SSSR count). The third kappa shape index (κ3) is 5.18. The summed E-state index contributed by atoms with van der Waals surface area (Å²) in [7, 11) is 0. The summed E-state index contributed by atoms with van der Waals surface area (Å²) in [6.45, 7) is 2.39. The summed E-state index contributed by atoms with van der Waals surface area (Å²) in [6.07, 6.45) is 4.30. The molecule has 2 fully saturated rings. The van der Waals surface area contributed by atoms with E-state index in [4.69, 9.17) is 0 Å². The SMILES string of the molecule is O=C(N[C@H](C(=O)N1CCCCC1)C1CCN(C(=O)c2cccc(F)c2)CC1)c1cccs1. The third-order valence-electron chi connectivity index (χ3n) is 6.34. The maximum atomic E-state index is 13.5. The van der Waals surface area contributed by atoms with Crippen LogP contribution in [0.25, 0.3) is 0 Å². The van der Waals surface area contributed by atoms with Crippen LogP contribution in [0.15, 0.2) is 41.8 Å². The van der Waals surface area contributed by atoms with Gasteiger partial charge in [0.05, 0.1) is 4.88 Å². The van der Waals surface area contributed by atoms with Crippen LogP contribution in [-0.4, -0.2) is 59.7 Å².